The normalized spacial score (nSPS) is 10.8. The van der Waals surface area contributed by atoms with Gasteiger partial charge in [-0.1, -0.05) is 12.1 Å². The topological polar surface area (TPSA) is 98.5 Å². The van der Waals surface area contributed by atoms with Gasteiger partial charge in [-0.15, -0.1) is 0 Å². The summed E-state index contributed by atoms with van der Waals surface area (Å²) in [6, 6.07) is 5.56. The Morgan fingerprint density at radius 3 is 2.65 bits per heavy atom. The Kier molecular flexibility index (Phi) is 5.40. The Hall–Kier alpha value is -2.70. The molecular formula is C13H14N2O5. The molecule has 0 saturated carbocycles. The third-order valence-corrected chi connectivity index (χ3v) is 2.28. The van der Waals surface area contributed by atoms with Crippen LogP contribution < -0.4 is 5.32 Å². The lowest BCUT2D eigenvalue weighted by Gasteiger charge is -2.05. The third kappa shape index (κ3) is 4.20. The average molecular weight is 278 g/mol. The van der Waals surface area contributed by atoms with Gasteiger partial charge in [0, 0.05) is 17.8 Å². The number of amides is 1. The minimum atomic E-state index is -0.657. The summed E-state index contributed by atoms with van der Waals surface area (Å²) in [5.41, 5.74) is -0.130. The van der Waals surface area contributed by atoms with Gasteiger partial charge in [-0.05, 0) is 19.9 Å². The van der Waals surface area contributed by atoms with Gasteiger partial charge in [0.05, 0.1) is 11.5 Å². The van der Waals surface area contributed by atoms with Crippen LogP contribution in [-0.2, 0) is 9.53 Å². The largest absolute Gasteiger partial charge is 0.463 e. The molecule has 0 aliphatic carbocycles. The van der Waals surface area contributed by atoms with E-state index in [1.54, 1.807) is 6.92 Å². The molecule has 1 aromatic carbocycles. The van der Waals surface area contributed by atoms with Crippen molar-refractivity contribution >= 4 is 17.6 Å². The molecule has 7 nitrogen and oxygen atoms in total. The molecule has 1 aromatic rings. The second kappa shape index (κ2) is 7.03. The molecule has 0 heterocycles. The molecule has 1 N–H and O–H groups in total. The number of ether oxygens (including phenoxy) is 1. The van der Waals surface area contributed by atoms with Crippen molar-refractivity contribution in [3.8, 4) is 0 Å². The molecule has 0 aliphatic heterocycles. The molecule has 20 heavy (non-hydrogen) atoms. The molecule has 1 amide bonds. The summed E-state index contributed by atoms with van der Waals surface area (Å²) in [5.74, 6) is -1.25. The molecule has 0 bridgehead atoms. The molecule has 1 rings (SSSR count). The summed E-state index contributed by atoms with van der Waals surface area (Å²) >= 11 is 0. The molecule has 0 fully saturated rings. The van der Waals surface area contributed by atoms with Gasteiger partial charge in [0.1, 0.15) is 5.56 Å². The maximum Gasteiger partial charge on any atom is 0.332 e. The Labute approximate surface area is 115 Å². The first-order chi connectivity index (χ1) is 9.45. The number of nitro benzene ring substituents is 1. The minimum Gasteiger partial charge on any atom is -0.463 e. The van der Waals surface area contributed by atoms with Crippen molar-refractivity contribution < 1.29 is 19.2 Å². The monoisotopic (exact) mass is 278 g/mol. The number of allylic oxidation sites excluding steroid dienone is 1. The number of nitro groups is 1. The maximum absolute atomic E-state index is 11.9. The second-order valence-electron chi connectivity index (χ2n) is 3.81. The number of nitrogens with zero attached hydrogens (tertiary/aromatic N) is 1. The predicted molar refractivity (Wildman–Crippen MR) is 71.0 cm³/mol. The Bertz CT molecular complexity index is 566. The molecule has 0 atom stereocenters. The summed E-state index contributed by atoms with van der Waals surface area (Å²) in [6.45, 7) is 3.37. The third-order valence-electron chi connectivity index (χ3n) is 2.28. The first-order valence-corrected chi connectivity index (χ1v) is 5.85. The van der Waals surface area contributed by atoms with Crippen LogP contribution >= 0.6 is 0 Å². The Morgan fingerprint density at radius 1 is 1.40 bits per heavy atom. The zero-order chi connectivity index (χ0) is 15.1. The fourth-order valence-corrected chi connectivity index (χ4v) is 1.47. The van der Waals surface area contributed by atoms with E-state index in [-0.39, 0.29) is 23.6 Å². The van der Waals surface area contributed by atoms with Crippen molar-refractivity contribution in [3.05, 3.63) is 51.7 Å². The number of esters is 1. The van der Waals surface area contributed by atoms with Gasteiger partial charge in [0.25, 0.3) is 11.6 Å². The van der Waals surface area contributed by atoms with Gasteiger partial charge in [0.2, 0.25) is 0 Å². The van der Waals surface area contributed by atoms with E-state index in [0.29, 0.717) is 0 Å². The van der Waals surface area contributed by atoms with Gasteiger partial charge in [-0.3, -0.25) is 14.9 Å². The standard InChI is InChI=1S/C13H14N2O5/c1-3-20-12(16)8-9(2)14-13(17)10-6-4-5-7-11(10)15(18)19/h4-8H,3H2,1-2H3,(H,14,17). The summed E-state index contributed by atoms with van der Waals surface area (Å²) in [4.78, 5) is 33.3. The molecule has 0 aromatic heterocycles. The summed E-state index contributed by atoms with van der Waals surface area (Å²) < 4.78 is 4.69. The van der Waals surface area contributed by atoms with Crippen LogP contribution in [0.15, 0.2) is 36.0 Å². The van der Waals surface area contributed by atoms with E-state index >= 15 is 0 Å². The van der Waals surface area contributed by atoms with Gasteiger partial charge in [-0.2, -0.15) is 0 Å². The molecule has 0 aliphatic rings. The number of rotatable bonds is 5. The fourth-order valence-electron chi connectivity index (χ4n) is 1.47. The quantitative estimate of drug-likeness (QED) is 0.383. The number of nitrogens with one attached hydrogen (secondary N) is 1. The van der Waals surface area contributed by atoms with E-state index in [1.165, 1.54) is 31.2 Å². The smallest absolute Gasteiger partial charge is 0.332 e. The number of carbonyl (C=O) groups is 2. The number of hydrogen-bond acceptors (Lipinski definition) is 5. The summed E-state index contributed by atoms with van der Waals surface area (Å²) in [6.07, 6.45) is 1.11. The summed E-state index contributed by atoms with van der Waals surface area (Å²) in [5, 5.41) is 13.2. The van der Waals surface area contributed by atoms with Crippen molar-refractivity contribution in [1.82, 2.24) is 5.32 Å². The van der Waals surface area contributed by atoms with Gasteiger partial charge in [-0.25, -0.2) is 4.79 Å². The van der Waals surface area contributed by atoms with Crippen molar-refractivity contribution in [2.45, 2.75) is 13.8 Å². The number of para-hydroxylation sites is 1. The van der Waals surface area contributed by atoms with Crippen LogP contribution in [0.5, 0.6) is 0 Å². The molecule has 0 saturated heterocycles. The highest BCUT2D eigenvalue weighted by atomic mass is 16.6. The molecule has 0 spiro atoms. The van der Waals surface area contributed by atoms with Crippen LogP contribution in [0.25, 0.3) is 0 Å². The van der Waals surface area contributed by atoms with Crippen LogP contribution in [0.2, 0.25) is 0 Å². The van der Waals surface area contributed by atoms with E-state index in [1.807, 2.05) is 0 Å². The highest BCUT2D eigenvalue weighted by Gasteiger charge is 2.19. The lowest BCUT2D eigenvalue weighted by Crippen LogP contribution is -2.23. The van der Waals surface area contributed by atoms with Crippen LogP contribution in [0.3, 0.4) is 0 Å². The van der Waals surface area contributed by atoms with Gasteiger partial charge < -0.3 is 10.1 Å². The molecule has 0 unspecified atom stereocenters. The highest BCUT2D eigenvalue weighted by molar-refractivity contribution is 5.99. The molecular weight excluding hydrogens is 264 g/mol. The molecule has 7 heteroatoms. The lowest BCUT2D eigenvalue weighted by atomic mass is 10.1. The van der Waals surface area contributed by atoms with E-state index in [0.717, 1.165) is 6.08 Å². The SMILES string of the molecule is CCOC(=O)C=C(C)NC(=O)c1ccccc1[N+](=O)[O-]. The highest BCUT2D eigenvalue weighted by Crippen LogP contribution is 2.17. The number of benzene rings is 1. The Morgan fingerprint density at radius 2 is 2.05 bits per heavy atom. The minimum absolute atomic E-state index is 0.0749. The average Bonchev–Trinajstić information content (AvgIpc) is 2.38. The predicted octanol–water partition coefficient (Wildman–Crippen LogP) is 1.79. The van der Waals surface area contributed by atoms with E-state index in [4.69, 9.17) is 0 Å². The van der Waals surface area contributed by atoms with Crippen molar-refractivity contribution in [3.63, 3.8) is 0 Å². The molecule has 0 radical (unpaired) electrons. The summed E-state index contributed by atoms with van der Waals surface area (Å²) in [7, 11) is 0. The maximum atomic E-state index is 11.9. The second-order valence-corrected chi connectivity index (χ2v) is 3.81. The zero-order valence-corrected chi connectivity index (χ0v) is 11.1. The zero-order valence-electron chi connectivity index (χ0n) is 11.1. The number of carbonyl (C=O) groups excluding carboxylic acids is 2. The van der Waals surface area contributed by atoms with E-state index in [2.05, 4.69) is 10.1 Å². The Balaban J connectivity index is 2.87. The lowest BCUT2D eigenvalue weighted by molar-refractivity contribution is -0.385. The van der Waals surface area contributed by atoms with Crippen LogP contribution in [-0.4, -0.2) is 23.4 Å². The first-order valence-electron chi connectivity index (χ1n) is 5.85. The van der Waals surface area contributed by atoms with Gasteiger partial charge >= 0.3 is 5.97 Å². The number of hydrogen-bond donors (Lipinski definition) is 1. The van der Waals surface area contributed by atoms with Crippen molar-refractivity contribution in [2.24, 2.45) is 0 Å². The van der Waals surface area contributed by atoms with E-state index < -0.39 is 16.8 Å². The van der Waals surface area contributed by atoms with Crippen molar-refractivity contribution in [2.75, 3.05) is 6.61 Å². The van der Waals surface area contributed by atoms with Crippen LogP contribution in [0.1, 0.15) is 24.2 Å². The molecule has 106 valence electrons. The van der Waals surface area contributed by atoms with Gasteiger partial charge in [0.15, 0.2) is 0 Å². The first kappa shape index (κ1) is 15.4. The van der Waals surface area contributed by atoms with Crippen molar-refractivity contribution in [1.29, 1.82) is 0 Å². The van der Waals surface area contributed by atoms with Crippen LogP contribution in [0, 0.1) is 10.1 Å². The van der Waals surface area contributed by atoms with E-state index in [9.17, 15) is 19.7 Å². The van der Waals surface area contributed by atoms with Crippen LogP contribution in [0.4, 0.5) is 5.69 Å². The fraction of sp³-hybridized carbons (Fsp3) is 0.231.